The highest BCUT2D eigenvalue weighted by Crippen LogP contribution is 2.32. The molecule has 0 atom stereocenters. The topological polar surface area (TPSA) is 116 Å². The molecule has 0 aliphatic carbocycles. The van der Waals surface area contributed by atoms with E-state index < -0.39 is 5.41 Å². The van der Waals surface area contributed by atoms with Crippen molar-refractivity contribution in [1.29, 1.82) is 0 Å². The normalized spacial score (nSPS) is 12.4. The minimum atomic E-state index is -0.977. The molecular formula is C12H21N5O2. The number of H-pyrrole nitrogens is 1. The van der Waals surface area contributed by atoms with Crippen molar-refractivity contribution in [2.24, 2.45) is 16.3 Å². The standard InChI is InChI=1S/C12H21N5O2/c1-3-5-12(6-4-2,10(13)17-19)11(18)16-9-7-14-15-8-9/h7-8,19H,3-6H2,1-2H3,(H2,13,17)(H,14,15)(H,16,18). The van der Waals surface area contributed by atoms with Gasteiger partial charge in [-0.25, -0.2) is 0 Å². The average Bonchev–Trinajstić information content (AvgIpc) is 2.90. The minimum Gasteiger partial charge on any atom is -0.409 e. The SMILES string of the molecule is CCCC(CCC)(C(=O)Nc1cn[nH]c1)C(N)=NO. The van der Waals surface area contributed by atoms with Gasteiger partial charge in [0.2, 0.25) is 5.91 Å². The smallest absolute Gasteiger partial charge is 0.238 e. The molecule has 1 amide bonds. The lowest BCUT2D eigenvalue weighted by Crippen LogP contribution is -2.47. The van der Waals surface area contributed by atoms with Gasteiger partial charge in [0, 0.05) is 6.20 Å². The molecule has 0 fully saturated rings. The maximum absolute atomic E-state index is 12.5. The van der Waals surface area contributed by atoms with Gasteiger partial charge >= 0.3 is 0 Å². The van der Waals surface area contributed by atoms with Crippen LogP contribution < -0.4 is 11.1 Å². The van der Waals surface area contributed by atoms with Crippen LogP contribution in [0.2, 0.25) is 0 Å². The lowest BCUT2D eigenvalue weighted by atomic mass is 9.77. The Hall–Kier alpha value is -2.05. The van der Waals surface area contributed by atoms with Crippen LogP contribution in [0, 0.1) is 5.41 Å². The van der Waals surface area contributed by atoms with Gasteiger partial charge in [0.25, 0.3) is 0 Å². The fraction of sp³-hybridized carbons (Fsp3) is 0.583. The summed E-state index contributed by atoms with van der Waals surface area (Å²) < 4.78 is 0. The highest BCUT2D eigenvalue weighted by Gasteiger charge is 2.41. The second kappa shape index (κ2) is 6.77. The van der Waals surface area contributed by atoms with Crippen LogP contribution in [0.25, 0.3) is 0 Å². The molecule has 0 saturated heterocycles. The zero-order valence-electron chi connectivity index (χ0n) is 11.3. The van der Waals surface area contributed by atoms with E-state index in [1.165, 1.54) is 6.20 Å². The Kier molecular flexibility index (Phi) is 5.35. The van der Waals surface area contributed by atoms with Gasteiger partial charge in [-0.15, -0.1) is 0 Å². The number of anilines is 1. The Morgan fingerprint density at radius 2 is 2.16 bits per heavy atom. The van der Waals surface area contributed by atoms with Crippen LogP contribution in [0.15, 0.2) is 17.5 Å². The van der Waals surface area contributed by atoms with Crippen molar-refractivity contribution in [3.05, 3.63) is 12.4 Å². The van der Waals surface area contributed by atoms with Crippen LogP contribution in [-0.4, -0.2) is 27.1 Å². The summed E-state index contributed by atoms with van der Waals surface area (Å²) in [5.41, 5.74) is 5.36. The molecule has 0 aliphatic heterocycles. The average molecular weight is 267 g/mol. The summed E-state index contributed by atoms with van der Waals surface area (Å²) in [6.45, 7) is 3.92. The number of carbonyl (C=O) groups is 1. The predicted molar refractivity (Wildman–Crippen MR) is 72.9 cm³/mol. The number of amides is 1. The minimum absolute atomic E-state index is 0.0443. The third-order valence-electron chi connectivity index (χ3n) is 3.14. The van der Waals surface area contributed by atoms with Crippen LogP contribution in [0.1, 0.15) is 39.5 Å². The van der Waals surface area contributed by atoms with E-state index in [9.17, 15) is 4.79 Å². The Balaban J connectivity index is 3.02. The third kappa shape index (κ3) is 3.24. The molecule has 0 unspecified atom stereocenters. The fourth-order valence-corrected chi connectivity index (χ4v) is 2.24. The van der Waals surface area contributed by atoms with Gasteiger partial charge in [0.05, 0.1) is 11.9 Å². The molecule has 0 spiro atoms. The molecule has 0 saturated carbocycles. The molecule has 0 aromatic carbocycles. The third-order valence-corrected chi connectivity index (χ3v) is 3.14. The van der Waals surface area contributed by atoms with E-state index in [4.69, 9.17) is 10.9 Å². The summed E-state index contributed by atoms with van der Waals surface area (Å²) in [5, 5.41) is 21.1. The lowest BCUT2D eigenvalue weighted by molar-refractivity contribution is -0.123. The lowest BCUT2D eigenvalue weighted by Gasteiger charge is -2.30. The molecular weight excluding hydrogens is 246 g/mol. The van der Waals surface area contributed by atoms with Crippen molar-refractivity contribution in [3.8, 4) is 0 Å². The van der Waals surface area contributed by atoms with Crippen molar-refractivity contribution in [2.75, 3.05) is 5.32 Å². The van der Waals surface area contributed by atoms with E-state index in [-0.39, 0.29) is 11.7 Å². The first-order valence-electron chi connectivity index (χ1n) is 6.39. The van der Waals surface area contributed by atoms with Gasteiger partial charge in [-0.3, -0.25) is 9.89 Å². The Bertz CT molecular complexity index is 421. The number of nitrogens with one attached hydrogen (secondary N) is 2. The summed E-state index contributed by atoms with van der Waals surface area (Å²) in [5.74, 6) is -0.315. The van der Waals surface area contributed by atoms with Crippen molar-refractivity contribution in [2.45, 2.75) is 39.5 Å². The van der Waals surface area contributed by atoms with Crippen molar-refractivity contribution in [3.63, 3.8) is 0 Å². The van der Waals surface area contributed by atoms with E-state index in [1.807, 2.05) is 13.8 Å². The number of nitrogens with zero attached hydrogens (tertiary/aromatic N) is 2. The number of rotatable bonds is 7. The highest BCUT2D eigenvalue weighted by atomic mass is 16.4. The van der Waals surface area contributed by atoms with Gasteiger partial charge < -0.3 is 16.3 Å². The van der Waals surface area contributed by atoms with Gasteiger partial charge in [-0.2, -0.15) is 5.10 Å². The van der Waals surface area contributed by atoms with Gasteiger partial charge in [-0.1, -0.05) is 31.8 Å². The molecule has 7 nitrogen and oxygen atoms in total. The molecule has 19 heavy (non-hydrogen) atoms. The first kappa shape index (κ1) is 15.0. The second-order valence-corrected chi connectivity index (χ2v) is 4.51. The maximum Gasteiger partial charge on any atom is 0.238 e. The summed E-state index contributed by atoms with van der Waals surface area (Å²) in [7, 11) is 0. The van der Waals surface area contributed by atoms with Crippen LogP contribution in [0.3, 0.4) is 0 Å². The van der Waals surface area contributed by atoms with Gasteiger partial charge in [0.1, 0.15) is 5.41 Å². The van der Waals surface area contributed by atoms with E-state index in [0.717, 1.165) is 12.8 Å². The van der Waals surface area contributed by atoms with E-state index in [0.29, 0.717) is 18.5 Å². The van der Waals surface area contributed by atoms with E-state index >= 15 is 0 Å². The van der Waals surface area contributed by atoms with Gasteiger partial charge in [0.15, 0.2) is 5.84 Å². The number of aromatic nitrogens is 2. The summed E-state index contributed by atoms with van der Waals surface area (Å²) >= 11 is 0. The van der Waals surface area contributed by atoms with E-state index in [2.05, 4.69) is 20.7 Å². The molecule has 0 bridgehead atoms. The van der Waals surface area contributed by atoms with Crippen LogP contribution in [-0.2, 0) is 4.79 Å². The number of aromatic amines is 1. The summed E-state index contributed by atoms with van der Waals surface area (Å²) in [6, 6.07) is 0. The Labute approximate surface area is 112 Å². The highest BCUT2D eigenvalue weighted by molar-refractivity contribution is 6.11. The van der Waals surface area contributed by atoms with Crippen LogP contribution in [0.4, 0.5) is 5.69 Å². The summed E-state index contributed by atoms with van der Waals surface area (Å²) in [6.07, 6.45) is 5.66. The van der Waals surface area contributed by atoms with Crippen LogP contribution in [0.5, 0.6) is 0 Å². The zero-order chi connectivity index (χ0) is 14.3. The molecule has 1 rings (SSSR count). The number of hydrogen-bond donors (Lipinski definition) is 4. The van der Waals surface area contributed by atoms with Crippen molar-refractivity contribution >= 4 is 17.4 Å². The monoisotopic (exact) mass is 267 g/mol. The van der Waals surface area contributed by atoms with Crippen molar-refractivity contribution < 1.29 is 10.0 Å². The molecule has 1 heterocycles. The Morgan fingerprint density at radius 1 is 1.53 bits per heavy atom. The summed E-state index contributed by atoms with van der Waals surface area (Å²) in [4.78, 5) is 12.5. The molecule has 0 radical (unpaired) electrons. The number of amidine groups is 1. The van der Waals surface area contributed by atoms with Gasteiger partial charge in [-0.05, 0) is 12.8 Å². The predicted octanol–water partition coefficient (Wildman–Crippen LogP) is 1.68. The molecule has 7 heteroatoms. The molecule has 1 aromatic rings. The first-order valence-corrected chi connectivity index (χ1v) is 6.39. The zero-order valence-corrected chi connectivity index (χ0v) is 11.3. The number of carbonyl (C=O) groups excluding carboxylic acids is 1. The number of oxime groups is 1. The number of nitrogens with two attached hydrogens (primary N) is 1. The molecule has 1 aromatic heterocycles. The fourth-order valence-electron chi connectivity index (χ4n) is 2.24. The largest absolute Gasteiger partial charge is 0.409 e. The number of hydrogen-bond acceptors (Lipinski definition) is 4. The quantitative estimate of drug-likeness (QED) is 0.260. The molecule has 0 aliphatic rings. The first-order chi connectivity index (χ1) is 9.10. The van der Waals surface area contributed by atoms with E-state index in [1.54, 1.807) is 6.20 Å². The molecule has 5 N–H and O–H groups in total. The second-order valence-electron chi connectivity index (χ2n) is 4.51. The Morgan fingerprint density at radius 3 is 2.58 bits per heavy atom. The molecule has 106 valence electrons. The van der Waals surface area contributed by atoms with Crippen LogP contribution >= 0.6 is 0 Å². The maximum atomic E-state index is 12.5. The van der Waals surface area contributed by atoms with Crippen molar-refractivity contribution in [1.82, 2.24) is 10.2 Å².